The van der Waals surface area contributed by atoms with E-state index in [1.54, 1.807) is 0 Å². The highest BCUT2D eigenvalue weighted by atomic mass is 15.2. The molecule has 21 heavy (non-hydrogen) atoms. The molecule has 2 aliphatic rings. The van der Waals surface area contributed by atoms with Gasteiger partial charge in [-0.3, -0.25) is 5.32 Å². The number of likely N-dealkylation sites (tertiary alicyclic amines) is 1. The van der Waals surface area contributed by atoms with Crippen LogP contribution in [0.4, 0.5) is 0 Å². The maximum atomic E-state index is 9.58. The van der Waals surface area contributed by atoms with Crippen LogP contribution in [0.2, 0.25) is 0 Å². The number of piperidine rings is 1. The Labute approximate surface area is 130 Å². The van der Waals surface area contributed by atoms with Gasteiger partial charge in [0, 0.05) is 12.1 Å². The van der Waals surface area contributed by atoms with Crippen LogP contribution < -0.4 is 5.32 Å². The molecule has 0 aromatic carbocycles. The minimum absolute atomic E-state index is 0.265. The predicted molar refractivity (Wildman–Crippen MR) is 87.2 cm³/mol. The average molecular weight is 292 g/mol. The molecule has 2 unspecified atom stereocenters. The van der Waals surface area contributed by atoms with Gasteiger partial charge >= 0.3 is 0 Å². The molecule has 2 fully saturated rings. The molecule has 0 aromatic heterocycles. The maximum absolute atomic E-state index is 9.58. The Morgan fingerprint density at radius 1 is 1.24 bits per heavy atom. The lowest BCUT2D eigenvalue weighted by Crippen LogP contribution is -2.48. The molecular weight excluding hydrogens is 260 g/mol. The molecule has 0 radical (unpaired) electrons. The zero-order valence-electron chi connectivity index (χ0n) is 14.1. The summed E-state index contributed by atoms with van der Waals surface area (Å²) in [7, 11) is 2.28. The van der Waals surface area contributed by atoms with E-state index in [4.69, 9.17) is 0 Å². The second-order valence-electron chi connectivity index (χ2n) is 6.85. The monoisotopic (exact) mass is 292 g/mol. The Morgan fingerprint density at radius 2 is 1.95 bits per heavy atom. The van der Waals surface area contributed by atoms with Gasteiger partial charge in [0.1, 0.15) is 5.54 Å². The first-order chi connectivity index (χ1) is 10.1. The van der Waals surface area contributed by atoms with Crippen molar-refractivity contribution >= 4 is 0 Å². The molecule has 1 aliphatic carbocycles. The molecule has 1 aliphatic heterocycles. The molecule has 1 heterocycles. The standard InChI is InChI=1S/C17H32N4/c1-4-10-19-17(14-18)9-6-16(13-17)20(3)15-7-11-21(5-2)12-8-15/h15-16,19H,4-13H2,1-3H3. The van der Waals surface area contributed by atoms with E-state index in [9.17, 15) is 5.26 Å². The van der Waals surface area contributed by atoms with Gasteiger partial charge in [0.15, 0.2) is 0 Å². The summed E-state index contributed by atoms with van der Waals surface area (Å²) in [5.41, 5.74) is -0.265. The summed E-state index contributed by atoms with van der Waals surface area (Å²) in [6, 6.07) is 3.85. The molecule has 2 atom stereocenters. The Balaban J connectivity index is 1.87. The van der Waals surface area contributed by atoms with Gasteiger partial charge in [-0.15, -0.1) is 0 Å². The van der Waals surface area contributed by atoms with Gasteiger partial charge in [-0.05, 0) is 71.8 Å². The van der Waals surface area contributed by atoms with E-state index in [1.165, 1.54) is 32.5 Å². The van der Waals surface area contributed by atoms with Gasteiger partial charge in [-0.1, -0.05) is 13.8 Å². The lowest BCUT2D eigenvalue weighted by atomic mass is 9.97. The fourth-order valence-corrected chi connectivity index (χ4v) is 3.97. The summed E-state index contributed by atoms with van der Waals surface area (Å²) in [6.45, 7) is 9.02. The number of hydrogen-bond donors (Lipinski definition) is 1. The van der Waals surface area contributed by atoms with Crippen molar-refractivity contribution in [2.24, 2.45) is 0 Å². The van der Waals surface area contributed by atoms with Crippen molar-refractivity contribution in [3.05, 3.63) is 0 Å². The second-order valence-corrected chi connectivity index (χ2v) is 6.85. The predicted octanol–water partition coefficient (Wildman–Crippen LogP) is 2.22. The van der Waals surface area contributed by atoms with Crippen LogP contribution >= 0.6 is 0 Å². The molecule has 4 nitrogen and oxygen atoms in total. The van der Waals surface area contributed by atoms with Gasteiger partial charge in [0.05, 0.1) is 6.07 Å². The van der Waals surface area contributed by atoms with E-state index >= 15 is 0 Å². The zero-order chi connectivity index (χ0) is 15.3. The van der Waals surface area contributed by atoms with E-state index in [0.29, 0.717) is 12.1 Å². The fraction of sp³-hybridized carbons (Fsp3) is 0.941. The van der Waals surface area contributed by atoms with E-state index in [2.05, 4.69) is 42.1 Å². The third-order valence-electron chi connectivity index (χ3n) is 5.57. The fourth-order valence-electron chi connectivity index (χ4n) is 3.97. The van der Waals surface area contributed by atoms with Crippen LogP contribution in [0.1, 0.15) is 52.4 Å². The smallest absolute Gasteiger partial charge is 0.108 e. The summed E-state index contributed by atoms with van der Waals surface area (Å²) in [6.07, 6.45) is 6.82. The Morgan fingerprint density at radius 3 is 2.52 bits per heavy atom. The summed E-state index contributed by atoms with van der Waals surface area (Å²) in [4.78, 5) is 5.13. The van der Waals surface area contributed by atoms with Crippen LogP contribution in [-0.2, 0) is 0 Å². The van der Waals surface area contributed by atoms with Crippen molar-refractivity contribution < 1.29 is 0 Å². The molecule has 0 bridgehead atoms. The lowest BCUT2D eigenvalue weighted by Gasteiger charge is -2.39. The molecule has 0 spiro atoms. The average Bonchev–Trinajstić information content (AvgIpc) is 2.97. The third kappa shape index (κ3) is 3.97. The quantitative estimate of drug-likeness (QED) is 0.815. The minimum atomic E-state index is -0.265. The second kappa shape index (κ2) is 7.58. The number of rotatable bonds is 6. The number of hydrogen-bond acceptors (Lipinski definition) is 4. The van der Waals surface area contributed by atoms with Crippen molar-refractivity contribution in [3.8, 4) is 6.07 Å². The summed E-state index contributed by atoms with van der Waals surface area (Å²) in [5, 5.41) is 13.1. The normalized spacial score (nSPS) is 31.7. The Hall–Kier alpha value is -0.630. The van der Waals surface area contributed by atoms with Crippen LogP contribution in [-0.4, -0.2) is 60.6 Å². The first-order valence-corrected chi connectivity index (χ1v) is 8.74. The zero-order valence-corrected chi connectivity index (χ0v) is 14.1. The largest absolute Gasteiger partial charge is 0.303 e. The minimum Gasteiger partial charge on any atom is -0.303 e. The highest BCUT2D eigenvalue weighted by molar-refractivity contribution is 5.13. The Kier molecular flexibility index (Phi) is 6.04. The van der Waals surface area contributed by atoms with Gasteiger partial charge in [0.2, 0.25) is 0 Å². The van der Waals surface area contributed by atoms with E-state index in [-0.39, 0.29) is 5.54 Å². The first kappa shape index (κ1) is 16.7. The molecule has 2 rings (SSSR count). The van der Waals surface area contributed by atoms with Crippen molar-refractivity contribution in [1.29, 1.82) is 5.26 Å². The van der Waals surface area contributed by atoms with Crippen molar-refractivity contribution in [1.82, 2.24) is 15.1 Å². The third-order valence-corrected chi connectivity index (χ3v) is 5.57. The van der Waals surface area contributed by atoms with E-state index in [1.807, 2.05) is 0 Å². The summed E-state index contributed by atoms with van der Waals surface area (Å²) in [5.74, 6) is 0. The lowest BCUT2D eigenvalue weighted by molar-refractivity contribution is 0.0981. The van der Waals surface area contributed by atoms with Crippen molar-refractivity contribution in [2.45, 2.75) is 70.0 Å². The molecule has 0 aromatic rings. The van der Waals surface area contributed by atoms with Gasteiger partial charge in [0.25, 0.3) is 0 Å². The van der Waals surface area contributed by atoms with Crippen LogP contribution in [0.5, 0.6) is 0 Å². The molecular formula is C17H32N4. The summed E-state index contributed by atoms with van der Waals surface area (Å²) >= 11 is 0. The molecule has 1 saturated carbocycles. The maximum Gasteiger partial charge on any atom is 0.108 e. The van der Waals surface area contributed by atoms with E-state index in [0.717, 1.165) is 32.2 Å². The number of nitriles is 1. The van der Waals surface area contributed by atoms with Gasteiger partial charge < -0.3 is 9.80 Å². The number of nitrogens with zero attached hydrogens (tertiary/aromatic N) is 3. The van der Waals surface area contributed by atoms with Gasteiger partial charge in [-0.25, -0.2) is 0 Å². The molecule has 1 saturated heterocycles. The summed E-state index contributed by atoms with van der Waals surface area (Å²) < 4.78 is 0. The van der Waals surface area contributed by atoms with Crippen LogP contribution in [0.15, 0.2) is 0 Å². The molecule has 1 N–H and O–H groups in total. The molecule has 0 amide bonds. The topological polar surface area (TPSA) is 42.3 Å². The highest BCUT2D eigenvalue weighted by Gasteiger charge is 2.41. The van der Waals surface area contributed by atoms with Crippen LogP contribution in [0.25, 0.3) is 0 Å². The van der Waals surface area contributed by atoms with Gasteiger partial charge in [-0.2, -0.15) is 5.26 Å². The Bertz CT molecular complexity index is 356. The molecule has 4 heteroatoms. The van der Waals surface area contributed by atoms with Crippen LogP contribution in [0, 0.1) is 11.3 Å². The van der Waals surface area contributed by atoms with Crippen molar-refractivity contribution in [3.63, 3.8) is 0 Å². The highest BCUT2D eigenvalue weighted by Crippen LogP contribution is 2.34. The molecule has 120 valence electrons. The van der Waals surface area contributed by atoms with E-state index < -0.39 is 0 Å². The van der Waals surface area contributed by atoms with Crippen LogP contribution in [0.3, 0.4) is 0 Å². The van der Waals surface area contributed by atoms with Crippen molar-refractivity contribution in [2.75, 3.05) is 33.2 Å². The number of nitrogens with one attached hydrogen (secondary N) is 1. The first-order valence-electron chi connectivity index (χ1n) is 8.74. The SMILES string of the molecule is CCCNC1(C#N)CCC(N(C)C2CCN(CC)CC2)C1.